The molecule has 0 aromatic heterocycles. The second-order valence-electron chi connectivity index (χ2n) is 6.89. The van der Waals surface area contributed by atoms with Gasteiger partial charge in [0.1, 0.15) is 24.1 Å². The van der Waals surface area contributed by atoms with Crippen molar-refractivity contribution < 1.29 is 29.3 Å². The Morgan fingerprint density at radius 1 is 1.20 bits per heavy atom. The summed E-state index contributed by atoms with van der Waals surface area (Å²) in [6.07, 6.45) is 0.0140. The van der Waals surface area contributed by atoms with Gasteiger partial charge in [0, 0.05) is 19.3 Å². The van der Waals surface area contributed by atoms with E-state index < -0.39 is 30.1 Å². The fraction of sp³-hybridized carbons (Fsp3) is 0.526. The van der Waals surface area contributed by atoms with Crippen LogP contribution >= 0.6 is 0 Å². The predicted molar refractivity (Wildman–Crippen MR) is 90.5 cm³/mol. The molecule has 1 heterocycles. The topological polar surface area (TPSA) is 101 Å². The quantitative estimate of drug-likeness (QED) is 0.549. The number of fused-ring (bicyclic) bond motifs is 2. The summed E-state index contributed by atoms with van der Waals surface area (Å²) in [5.74, 6) is -1.63. The molecule has 0 saturated carbocycles. The van der Waals surface area contributed by atoms with Crippen LogP contribution < -0.4 is 0 Å². The van der Waals surface area contributed by atoms with Crippen LogP contribution in [0.15, 0.2) is 35.5 Å². The Balaban J connectivity index is 2.35. The average molecular weight is 348 g/mol. The first-order valence-electron chi connectivity index (χ1n) is 8.34. The number of hydrogen-bond acceptors (Lipinski definition) is 6. The number of ketones is 2. The smallest absolute Gasteiger partial charge is 0.336 e. The Bertz CT molecular complexity index is 657. The molecule has 1 aliphatic heterocycles. The lowest BCUT2D eigenvalue weighted by Crippen LogP contribution is -2.25. The number of aliphatic hydroxyl groups is 2. The number of allylic oxidation sites excluding steroid dienone is 2. The van der Waals surface area contributed by atoms with E-state index in [1.54, 1.807) is 19.9 Å². The van der Waals surface area contributed by atoms with Crippen LogP contribution in [0.25, 0.3) is 0 Å². The molecule has 0 aromatic rings. The van der Waals surface area contributed by atoms with Crippen molar-refractivity contribution in [2.24, 2.45) is 5.92 Å². The fourth-order valence-corrected chi connectivity index (χ4v) is 3.07. The zero-order chi connectivity index (χ0) is 18.7. The molecule has 1 aliphatic carbocycles. The van der Waals surface area contributed by atoms with Crippen molar-refractivity contribution >= 4 is 17.5 Å². The highest BCUT2D eigenvalue weighted by molar-refractivity contribution is 5.97. The summed E-state index contributed by atoms with van der Waals surface area (Å²) in [5, 5.41) is 20.3. The Labute approximate surface area is 146 Å². The number of aliphatic hydroxyl groups excluding tert-OH is 2. The van der Waals surface area contributed by atoms with E-state index >= 15 is 0 Å². The number of esters is 1. The van der Waals surface area contributed by atoms with Crippen LogP contribution in [-0.2, 0) is 19.1 Å². The Hall–Kier alpha value is -2.05. The van der Waals surface area contributed by atoms with Gasteiger partial charge in [-0.15, -0.1) is 0 Å². The second kappa shape index (κ2) is 7.89. The van der Waals surface area contributed by atoms with Gasteiger partial charge in [0.05, 0.1) is 5.57 Å². The summed E-state index contributed by atoms with van der Waals surface area (Å²) in [6, 6.07) is 0. The van der Waals surface area contributed by atoms with E-state index in [1.807, 2.05) is 0 Å². The van der Waals surface area contributed by atoms with Crippen LogP contribution in [0.4, 0.5) is 0 Å². The van der Waals surface area contributed by atoms with Crippen molar-refractivity contribution in [2.75, 3.05) is 0 Å². The summed E-state index contributed by atoms with van der Waals surface area (Å²) < 4.78 is 5.20. The molecule has 2 aliphatic rings. The molecule has 136 valence electrons. The van der Waals surface area contributed by atoms with Crippen LogP contribution in [0.1, 0.15) is 39.5 Å². The lowest BCUT2D eigenvalue weighted by Gasteiger charge is -2.17. The van der Waals surface area contributed by atoms with Gasteiger partial charge >= 0.3 is 5.97 Å². The van der Waals surface area contributed by atoms with E-state index in [1.165, 1.54) is 6.08 Å². The highest BCUT2D eigenvalue weighted by Crippen LogP contribution is 2.29. The molecular weight excluding hydrogens is 324 g/mol. The average Bonchev–Trinajstić information content (AvgIpc) is 2.76. The molecule has 25 heavy (non-hydrogen) atoms. The van der Waals surface area contributed by atoms with E-state index in [9.17, 15) is 24.6 Å². The summed E-state index contributed by atoms with van der Waals surface area (Å²) in [7, 11) is 0. The van der Waals surface area contributed by atoms with Crippen molar-refractivity contribution in [1.82, 2.24) is 0 Å². The first kappa shape index (κ1) is 19.3. The normalized spacial score (nSPS) is 35.9. The molecule has 0 amide bonds. The first-order valence-corrected chi connectivity index (χ1v) is 8.34. The van der Waals surface area contributed by atoms with Crippen LogP contribution in [0, 0.1) is 5.92 Å². The molecule has 0 radical (unpaired) electrons. The van der Waals surface area contributed by atoms with Gasteiger partial charge in [-0.25, -0.2) is 4.79 Å². The zero-order valence-electron chi connectivity index (χ0n) is 14.5. The number of hydrogen-bond donors (Lipinski definition) is 2. The van der Waals surface area contributed by atoms with Gasteiger partial charge in [-0.1, -0.05) is 23.8 Å². The highest BCUT2D eigenvalue weighted by atomic mass is 16.6. The highest BCUT2D eigenvalue weighted by Gasteiger charge is 2.38. The second-order valence-corrected chi connectivity index (χ2v) is 6.89. The SMILES string of the molecule is C=C(C)[C@H]1C/C=C2/C(=O)O[C@H](C/C(C)=C/C(=O)[C@@H](O)CC(=O)C1)[C@H]2O. The minimum Gasteiger partial charge on any atom is -0.455 e. The van der Waals surface area contributed by atoms with Crippen molar-refractivity contribution in [3.05, 3.63) is 35.5 Å². The molecule has 1 fully saturated rings. The Morgan fingerprint density at radius 3 is 2.52 bits per heavy atom. The molecule has 1 saturated heterocycles. The van der Waals surface area contributed by atoms with Gasteiger partial charge in [0.15, 0.2) is 5.78 Å². The van der Waals surface area contributed by atoms with E-state index in [0.717, 1.165) is 5.57 Å². The Kier molecular flexibility index (Phi) is 6.08. The third kappa shape index (κ3) is 4.74. The molecule has 2 rings (SSSR count). The van der Waals surface area contributed by atoms with Gasteiger partial charge in [0.25, 0.3) is 0 Å². The summed E-state index contributed by atoms with van der Waals surface area (Å²) in [5.41, 5.74) is 1.50. The number of carbonyl (C=O) groups is 3. The maximum absolute atomic E-state index is 12.2. The van der Waals surface area contributed by atoms with Crippen LogP contribution in [0.2, 0.25) is 0 Å². The van der Waals surface area contributed by atoms with Gasteiger partial charge in [-0.3, -0.25) is 9.59 Å². The summed E-state index contributed by atoms with van der Waals surface area (Å²) in [4.78, 5) is 36.2. The molecule has 2 N–H and O–H groups in total. The van der Waals surface area contributed by atoms with Crippen molar-refractivity contribution in [2.45, 2.75) is 57.8 Å². The van der Waals surface area contributed by atoms with Crippen LogP contribution in [-0.4, -0.2) is 46.1 Å². The van der Waals surface area contributed by atoms with Gasteiger partial charge in [-0.2, -0.15) is 0 Å². The maximum atomic E-state index is 12.2. The van der Waals surface area contributed by atoms with E-state index in [2.05, 4.69) is 6.58 Å². The van der Waals surface area contributed by atoms with Crippen LogP contribution in [0.5, 0.6) is 0 Å². The summed E-state index contributed by atoms with van der Waals surface area (Å²) >= 11 is 0. The van der Waals surface area contributed by atoms with Gasteiger partial charge in [-0.05, 0) is 32.3 Å². The predicted octanol–water partition coefficient (Wildman–Crippen LogP) is 1.41. The number of carbonyl (C=O) groups excluding carboxylic acids is 3. The fourth-order valence-electron chi connectivity index (χ4n) is 3.07. The van der Waals surface area contributed by atoms with E-state index in [-0.39, 0.29) is 36.5 Å². The summed E-state index contributed by atoms with van der Waals surface area (Å²) in [6.45, 7) is 7.29. The third-order valence-electron chi connectivity index (χ3n) is 4.62. The monoisotopic (exact) mass is 348 g/mol. The zero-order valence-corrected chi connectivity index (χ0v) is 14.5. The lowest BCUT2D eigenvalue weighted by atomic mass is 9.88. The molecular formula is C19H24O6. The largest absolute Gasteiger partial charge is 0.455 e. The number of Topliss-reactive ketones (excluding diaryl/α,β-unsaturated/α-hetero) is 1. The minimum absolute atomic E-state index is 0.112. The molecule has 0 aromatic carbocycles. The van der Waals surface area contributed by atoms with Crippen LogP contribution in [0.3, 0.4) is 0 Å². The molecule has 6 nitrogen and oxygen atoms in total. The Morgan fingerprint density at radius 2 is 1.88 bits per heavy atom. The molecule has 0 unspecified atom stereocenters. The minimum atomic E-state index is -1.39. The molecule has 4 atom stereocenters. The van der Waals surface area contributed by atoms with Crippen molar-refractivity contribution in [1.29, 1.82) is 0 Å². The van der Waals surface area contributed by atoms with Crippen molar-refractivity contribution in [3.8, 4) is 0 Å². The van der Waals surface area contributed by atoms with Gasteiger partial charge < -0.3 is 14.9 Å². The molecule has 6 heteroatoms. The third-order valence-corrected chi connectivity index (χ3v) is 4.62. The number of ether oxygens (including phenoxy) is 1. The van der Waals surface area contributed by atoms with E-state index in [0.29, 0.717) is 12.0 Å². The first-order chi connectivity index (χ1) is 11.7. The standard InChI is InChI=1S/C19H24O6/c1-10(2)12-4-5-14-18(23)17(25-19(14)24)7-11(3)6-15(21)16(22)9-13(20)8-12/h5-6,12,16-18,22-23H,1,4,7-9H2,2-3H3/b11-6+,14-5+/t12-,16-,17+,18-/m0/s1. The van der Waals surface area contributed by atoms with E-state index in [4.69, 9.17) is 4.74 Å². The molecule has 2 bridgehead atoms. The molecule has 0 spiro atoms. The van der Waals surface area contributed by atoms with Crippen molar-refractivity contribution in [3.63, 3.8) is 0 Å². The maximum Gasteiger partial charge on any atom is 0.336 e. The lowest BCUT2D eigenvalue weighted by molar-refractivity contribution is -0.139. The number of rotatable bonds is 1. The van der Waals surface area contributed by atoms with Gasteiger partial charge in [0.2, 0.25) is 0 Å².